The monoisotopic (exact) mass is 298 g/mol. The second kappa shape index (κ2) is 5.90. The van der Waals surface area contributed by atoms with Crippen LogP contribution in [0.25, 0.3) is 10.1 Å². The Balaban J connectivity index is 2.02. The average molecular weight is 298 g/mol. The van der Waals surface area contributed by atoms with Crippen LogP contribution < -0.4 is 10.0 Å². The van der Waals surface area contributed by atoms with Crippen LogP contribution in [0.3, 0.4) is 0 Å². The van der Waals surface area contributed by atoms with E-state index in [1.54, 1.807) is 17.4 Å². The van der Waals surface area contributed by atoms with Crippen LogP contribution in [0.4, 0.5) is 5.69 Å². The number of sulfonamides is 1. The molecule has 0 radical (unpaired) electrons. The number of fused-ring (bicyclic) bond motifs is 1. The molecule has 0 unspecified atom stereocenters. The molecule has 0 amide bonds. The maximum Gasteiger partial charge on any atom is 0.233 e. The minimum absolute atomic E-state index is 0.0762. The molecule has 0 spiro atoms. The molecule has 6 heteroatoms. The summed E-state index contributed by atoms with van der Waals surface area (Å²) in [5, 5.41) is 6.15. The lowest BCUT2D eigenvalue weighted by Crippen LogP contribution is -2.30. The highest BCUT2D eigenvalue weighted by atomic mass is 32.2. The Kier molecular flexibility index (Phi) is 4.44. The number of nitrogens with one attached hydrogen (secondary N) is 2. The maximum atomic E-state index is 11.9. The van der Waals surface area contributed by atoms with Crippen molar-refractivity contribution in [3.63, 3.8) is 0 Å². The molecule has 1 aromatic heterocycles. The van der Waals surface area contributed by atoms with Gasteiger partial charge in [-0.15, -0.1) is 11.3 Å². The van der Waals surface area contributed by atoms with E-state index in [-0.39, 0.29) is 11.8 Å². The lowest BCUT2D eigenvalue weighted by molar-refractivity contribution is 0.582. The normalized spacial score (nSPS) is 12.2. The van der Waals surface area contributed by atoms with Gasteiger partial charge in [0.1, 0.15) is 0 Å². The van der Waals surface area contributed by atoms with E-state index in [1.807, 2.05) is 37.4 Å². The zero-order valence-electron chi connectivity index (χ0n) is 11.0. The molecule has 0 saturated carbocycles. The van der Waals surface area contributed by atoms with E-state index in [1.165, 1.54) is 0 Å². The zero-order chi connectivity index (χ0) is 13.9. The molecule has 0 atom stereocenters. The van der Waals surface area contributed by atoms with Crippen molar-refractivity contribution in [1.29, 1.82) is 0 Å². The summed E-state index contributed by atoms with van der Waals surface area (Å²) in [4.78, 5) is 0. The van der Waals surface area contributed by atoms with Crippen LogP contribution in [-0.4, -0.2) is 26.8 Å². The quantitative estimate of drug-likeness (QED) is 0.862. The van der Waals surface area contributed by atoms with Crippen molar-refractivity contribution in [2.45, 2.75) is 19.9 Å². The second-order valence-corrected chi connectivity index (χ2v) is 7.49. The highest BCUT2D eigenvalue weighted by Crippen LogP contribution is 2.24. The summed E-state index contributed by atoms with van der Waals surface area (Å²) in [6.45, 7) is 4.43. The van der Waals surface area contributed by atoms with Gasteiger partial charge in [-0.25, -0.2) is 8.42 Å². The van der Waals surface area contributed by atoms with Gasteiger partial charge in [0, 0.05) is 23.0 Å². The van der Waals surface area contributed by atoms with Gasteiger partial charge in [0.15, 0.2) is 0 Å². The molecular weight excluding hydrogens is 280 g/mol. The number of benzene rings is 1. The third-order valence-corrected chi connectivity index (χ3v) is 4.84. The molecule has 2 rings (SSSR count). The van der Waals surface area contributed by atoms with Gasteiger partial charge in [0.25, 0.3) is 0 Å². The zero-order valence-corrected chi connectivity index (χ0v) is 12.6. The van der Waals surface area contributed by atoms with Gasteiger partial charge < -0.3 is 5.32 Å². The van der Waals surface area contributed by atoms with E-state index in [9.17, 15) is 8.42 Å². The first-order valence-electron chi connectivity index (χ1n) is 6.17. The van der Waals surface area contributed by atoms with E-state index >= 15 is 0 Å². The smallest absolute Gasteiger partial charge is 0.233 e. The topological polar surface area (TPSA) is 58.2 Å². The molecule has 1 heterocycles. The highest BCUT2D eigenvalue weighted by Gasteiger charge is 2.10. The first-order chi connectivity index (χ1) is 8.96. The van der Waals surface area contributed by atoms with Crippen LogP contribution in [0.1, 0.15) is 13.8 Å². The van der Waals surface area contributed by atoms with E-state index in [0.29, 0.717) is 12.2 Å². The molecule has 4 nitrogen and oxygen atoms in total. The van der Waals surface area contributed by atoms with Crippen LogP contribution >= 0.6 is 11.3 Å². The minimum Gasteiger partial charge on any atom is -0.313 e. The summed E-state index contributed by atoms with van der Waals surface area (Å²) in [5.74, 6) is 0.0762. The molecule has 2 N–H and O–H groups in total. The van der Waals surface area contributed by atoms with Crippen LogP contribution in [-0.2, 0) is 10.0 Å². The average Bonchev–Trinajstić information content (AvgIpc) is 2.74. The number of hydrogen-bond donors (Lipinski definition) is 2. The Hall–Kier alpha value is -1.11. The maximum absolute atomic E-state index is 11.9. The molecule has 104 valence electrons. The molecule has 0 aliphatic rings. The van der Waals surface area contributed by atoms with Gasteiger partial charge in [-0.3, -0.25) is 4.72 Å². The standard InChI is InChI=1S/C13H18N2O2S2/c1-10(2)14-6-8-19(16,17)15-12-3-4-13-11(9-12)5-7-18-13/h3-5,7,9-10,14-15H,6,8H2,1-2H3. The number of rotatable bonds is 6. The van der Waals surface area contributed by atoms with Crippen molar-refractivity contribution >= 4 is 37.1 Å². The van der Waals surface area contributed by atoms with Crippen molar-refractivity contribution in [2.75, 3.05) is 17.0 Å². The Morgan fingerprint density at radius 3 is 2.79 bits per heavy atom. The molecule has 0 bridgehead atoms. The molecule has 0 fully saturated rings. The Morgan fingerprint density at radius 2 is 2.05 bits per heavy atom. The molecule has 0 saturated heterocycles. The van der Waals surface area contributed by atoms with Gasteiger partial charge in [-0.1, -0.05) is 13.8 Å². The summed E-state index contributed by atoms with van der Waals surface area (Å²) in [6, 6.07) is 7.87. The van der Waals surface area contributed by atoms with Crippen molar-refractivity contribution in [1.82, 2.24) is 5.32 Å². The van der Waals surface area contributed by atoms with Crippen molar-refractivity contribution in [2.24, 2.45) is 0 Å². The van der Waals surface area contributed by atoms with Gasteiger partial charge in [-0.05, 0) is 35.0 Å². The van der Waals surface area contributed by atoms with Crippen molar-refractivity contribution < 1.29 is 8.42 Å². The minimum atomic E-state index is -3.29. The fourth-order valence-corrected chi connectivity index (χ4v) is 3.49. The largest absolute Gasteiger partial charge is 0.313 e. The molecule has 0 aliphatic heterocycles. The van der Waals surface area contributed by atoms with E-state index in [2.05, 4.69) is 10.0 Å². The SMILES string of the molecule is CC(C)NCCS(=O)(=O)Nc1ccc2sccc2c1. The van der Waals surface area contributed by atoms with Crippen molar-refractivity contribution in [3.8, 4) is 0 Å². The summed E-state index contributed by atoms with van der Waals surface area (Å²) >= 11 is 1.64. The molecule has 1 aromatic carbocycles. The van der Waals surface area contributed by atoms with Crippen molar-refractivity contribution in [3.05, 3.63) is 29.6 Å². The fourth-order valence-electron chi connectivity index (χ4n) is 1.74. The summed E-state index contributed by atoms with van der Waals surface area (Å²) in [7, 11) is -3.29. The lowest BCUT2D eigenvalue weighted by Gasteiger charge is -2.10. The van der Waals surface area contributed by atoms with Gasteiger partial charge in [0.2, 0.25) is 10.0 Å². The summed E-state index contributed by atoms with van der Waals surface area (Å²) < 4.78 is 27.6. The van der Waals surface area contributed by atoms with Gasteiger partial charge in [-0.2, -0.15) is 0 Å². The van der Waals surface area contributed by atoms with E-state index in [0.717, 1.165) is 10.1 Å². The number of hydrogen-bond acceptors (Lipinski definition) is 4. The first-order valence-corrected chi connectivity index (χ1v) is 8.70. The van der Waals surface area contributed by atoms with Crippen LogP contribution in [0.15, 0.2) is 29.6 Å². The summed E-state index contributed by atoms with van der Waals surface area (Å²) in [5.41, 5.74) is 0.621. The molecule has 0 aliphatic carbocycles. The highest BCUT2D eigenvalue weighted by molar-refractivity contribution is 7.92. The van der Waals surface area contributed by atoms with E-state index < -0.39 is 10.0 Å². The Labute approximate surface area is 117 Å². The summed E-state index contributed by atoms with van der Waals surface area (Å²) in [6.07, 6.45) is 0. The van der Waals surface area contributed by atoms with Crippen LogP contribution in [0, 0.1) is 0 Å². The van der Waals surface area contributed by atoms with Gasteiger partial charge in [0.05, 0.1) is 5.75 Å². The number of thiophene rings is 1. The third-order valence-electron chi connectivity index (χ3n) is 2.65. The van der Waals surface area contributed by atoms with Gasteiger partial charge >= 0.3 is 0 Å². The predicted octanol–water partition coefficient (Wildman–Crippen LogP) is 2.64. The van der Waals surface area contributed by atoms with Crippen LogP contribution in [0.2, 0.25) is 0 Å². The fraction of sp³-hybridized carbons (Fsp3) is 0.385. The Bertz CT molecular complexity index is 647. The lowest BCUT2D eigenvalue weighted by atomic mass is 10.2. The second-order valence-electron chi connectivity index (χ2n) is 4.70. The first kappa shape index (κ1) is 14.3. The predicted molar refractivity (Wildman–Crippen MR) is 82.4 cm³/mol. The van der Waals surface area contributed by atoms with E-state index in [4.69, 9.17) is 0 Å². The third kappa shape index (κ3) is 4.19. The number of anilines is 1. The molecular formula is C13H18N2O2S2. The van der Waals surface area contributed by atoms with Crippen LogP contribution in [0.5, 0.6) is 0 Å². The Morgan fingerprint density at radius 1 is 1.26 bits per heavy atom. The molecule has 19 heavy (non-hydrogen) atoms. The molecule has 2 aromatic rings.